The summed E-state index contributed by atoms with van der Waals surface area (Å²) in [4.78, 5) is 15.0. The van der Waals surface area contributed by atoms with E-state index in [2.05, 4.69) is 79.7 Å². The summed E-state index contributed by atoms with van der Waals surface area (Å²) in [5.41, 5.74) is 4.74. The molecule has 2 N–H and O–H groups in total. The predicted octanol–water partition coefficient (Wildman–Crippen LogP) is 5.72. The number of aromatic amines is 1. The molecule has 0 spiro atoms. The van der Waals surface area contributed by atoms with E-state index in [1.807, 2.05) is 18.3 Å². The van der Waals surface area contributed by atoms with Crippen LogP contribution >= 0.6 is 11.3 Å². The average molecular weight is 465 g/mol. The summed E-state index contributed by atoms with van der Waals surface area (Å²) in [6.07, 6.45) is 3.61. The number of nitriles is 1. The number of piperazine rings is 1. The van der Waals surface area contributed by atoms with Gasteiger partial charge in [0.05, 0.1) is 11.3 Å². The van der Waals surface area contributed by atoms with E-state index < -0.39 is 0 Å². The fraction of sp³-hybridized carbons (Fsp3) is 0.185. The number of hydrogen-bond acceptors (Lipinski definition) is 6. The van der Waals surface area contributed by atoms with E-state index in [9.17, 15) is 5.26 Å². The molecule has 7 heteroatoms. The van der Waals surface area contributed by atoms with Gasteiger partial charge in [0, 0.05) is 77.7 Å². The Hall–Kier alpha value is -3.86. The van der Waals surface area contributed by atoms with Crippen molar-refractivity contribution in [3.8, 4) is 6.07 Å². The van der Waals surface area contributed by atoms with Gasteiger partial charge in [-0.25, -0.2) is 4.98 Å². The highest BCUT2D eigenvalue weighted by Gasteiger charge is 2.19. The molecule has 3 aromatic heterocycles. The van der Waals surface area contributed by atoms with Gasteiger partial charge in [0.2, 0.25) is 0 Å². The van der Waals surface area contributed by atoms with Gasteiger partial charge < -0.3 is 15.2 Å². The summed E-state index contributed by atoms with van der Waals surface area (Å²) >= 11 is 1.72. The van der Waals surface area contributed by atoms with Gasteiger partial charge in [-0.15, -0.1) is 11.3 Å². The smallest absolute Gasteiger partial charge is 0.125 e. The SMILES string of the molecule is N#Cc1cnc2sc(CN3CCN(c4ccccc4)CC3)cc2c1Nc1ccc2[nH]ccc2c1. The van der Waals surface area contributed by atoms with Crippen LogP contribution in [-0.2, 0) is 6.54 Å². The lowest BCUT2D eigenvalue weighted by atomic mass is 10.1. The zero-order valence-corrected chi connectivity index (χ0v) is 19.5. The minimum Gasteiger partial charge on any atom is -0.369 e. The van der Waals surface area contributed by atoms with Crippen molar-refractivity contribution in [3.05, 3.63) is 83.5 Å². The Morgan fingerprint density at radius 3 is 2.71 bits per heavy atom. The van der Waals surface area contributed by atoms with Crippen molar-refractivity contribution in [1.29, 1.82) is 5.26 Å². The van der Waals surface area contributed by atoms with Crippen LogP contribution in [0.2, 0.25) is 0 Å². The molecule has 0 radical (unpaired) electrons. The Bertz CT molecular complexity index is 1490. The largest absolute Gasteiger partial charge is 0.369 e. The third-order valence-electron chi connectivity index (χ3n) is 6.43. The normalized spacial score (nSPS) is 14.5. The highest BCUT2D eigenvalue weighted by atomic mass is 32.1. The number of thiophene rings is 1. The van der Waals surface area contributed by atoms with Gasteiger partial charge in [0.25, 0.3) is 0 Å². The number of rotatable bonds is 5. The molecular weight excluding hydrogens is 440 g/mol. The molecule has 0 bridgehead atoms. The number of nitrogens with zero attached hydrogens (tertiary/aromatic N) is 4. The Balaban J connectivity index is 1.22. The van der Waals surface area contributed by atoms with Crippen molar-refractivity contribution in [2.24, 2.45) is 0 Å². The van der Waals surface area contributed by atoms with Gasteiger partial charge in [0.1, 0.15) is 10.9 Å². The first-order valence-electron chi connectivity index (χ1n) is 11.4. The molecule has 6 nitrogen and oxygen atoms in total. The van der Waals surface area contributed by atoms with Gasteiger partial charge in [-0.05, 0) is 42.5 Å². The van der Waals surface area contributed by atoms with E-state index in [0.717, 1.165) is 65.2 Å². The molecule has 168 valence electrons. The van der Waals surface area contributed by atoms with Gasteiger partial charge in [-0.2, -0.15) is 5.26 Å². The second-order valence-electron chi connectivity index (χ2n) is 8.59. The molecule has 5 aromatic rings. The van der Waals surface area contributed by atoms with Crippen molar-refractivity contribution in [2.45, 2.75) is 6.54 Å². The number of para-hydroxylation sites is 1. The molecule has 6 rings (SSSR count). The lowest BCUT2D eigenvalue weighted by Gasteiger charge is -2.35. The molecule has 34 heavy (non-hydrogen) atoms. The molecule has 1 aliphatic rings. The summed E-state index contributed by atoms with van der Waals surface area (Å²) < 4.78 is 0. The fourth-order valence-electron chi connectivity index (χ4n) is 4.64. The van der Waals surface area contributed by atoms with Crippen LogP contribution in [0.4, 0.5) is 17.1 Å². The molecule has 0 unspecified atom stereocenters. The number of pyridine rings is 1. The lowest BCUT2D eigenvalue weighted by Crippen LogP contribution is -2.45. The highest BCUT2D eigenvalue weighted by molar-refractivity contribution is 7.18. The molecule has 1 fully saturated rings. The van der Waals surface area contributed by atoms with Crippen LogP contribution in [0.3, 0.4) is 0 Å². The zero-order valence-electron chi connectivity index (χ0n) is 18.7. The second kappa shape index (κ2) is 8.82. The number of H-pyrrole nitrogens is 1. The minimum atomic E-state index is 0.558. The van der Waals surface area contributed by atoms with Crippen LogP contribution in [0.1, 0.15) is 10.4 Å². The number of nitrogens with one attached hydrogen (secondary N) is 2. The highest BCUT2D eigenvalue weighted by Crippen LogP contribution is 2.35. The first kappa shape index (κ1) is 20.7. The van der Waals surface area contributed by atoms with Crippen LogP contribution in [0.15, 0.2) is 73.1 Å². The van der Waals surface area contributed by atoms with E-state index in [1.54, 1.807) is 17.5 Å². The van der Waals surface area contributed by atoms with Gasteiger partial charge >= 0.3 is 0 Å². The van der Waals surface area contributed by atoms with Crippen molar-refractivity contribution in [1.82, 2.24) is 14.9 Å². The van der Waals surface area contributed by atoms with Crippen LogP contribution < -0.4 is 10.2 Å². The third kappa shape index (κ3) is 3.98. The molecule has 1 saturated heterocycles. The van der Waals surface area contributed by atoms with Crippen LogP contribution in [0.25, 0.3) is 21.1 Å². The van der Waals surface area contributed by atoms with E-state index in [-0.39, 0.29) is 0 Å². The Labute approximate surface area is 202 Å². The molecule has 0 amide bonds. The Morgan fingerprint density at radius 2 is 1.88 bits per heavy atom. The fourth-order valence-corrected chi connectivity index (χ4v) is 5.68. The van der Waals surface area contributed by atoms with Crippen LogP contribution in [0.5, 0.6) is 0 Å². The standard InChI is InChI=1S/C27H24N6S/c28-16-20-17-30-27-24(26(20)31-21-6-7-25-19(14-21)8-9-29-25)15-23(34-27)18-32-10-12-33(13-11-32)22-4-2-1-3-5-22/h1-9,14-15,17,29H,10-13,18H2,(H,30,31). The predicted molar refractivity (Wildman–Crippen MR) is 140 cm³/mol. The molecule has 1 aliphatic heterocycles. The quantitative estimate of drug-likeness (QED) is 0.348. The molecule has 4 heterocycles. The topological polar surface area (TPSA) is 71.0 Å². The van der Waals surface area contributed by atoms with Crippen molar-refractivity contribution < 1.29 is 0 Å². The van der Waals surface area contributed by atoms with Gasteiger partial charge in [0.15, 0.2) is 0 Å². The van der Waals surface area contributed by atoms with E-state index >= 15 is 0 Å². The maximum absolute atomic E-state index is 9.74. The number of benzene rings is 2. The number of hydrogen-bond donors (Lipinski definition) is 2. The average Bonchev–Trinajstić information content (AvgIpc) is 3.52. The van der Waals surface area contributed by atoms with Crippen LogP contribution in [-0.4, -0.2) is 41.0 Å². The molecule has 0 saturated carbocycles. The maximum atomic E-state index is 9.74. The zero-order chi connectivity index (χ0) is 22.9. The second-order valence-corrected chi connectivity index (χ2v) is 9.71. The lowest BCUT2D eigenvalue weighted by molar-refractivity contribution is 0.252. The van der Waals surface area contributed by atoms with Crippen LogP contribution in [0, 0.1) is 11.3 Å². The van der Waals surface area contributed by atoms with E-state index in [4.69, 9.17) is 0 Å². The summed E-state index contributed by atoms with van der Waals surface area (Å²) in [7, 11) is 0. The molecule has 0 aliphatic carbocycles. The van der Waals surface area contributed by atoms with Gasteiger partial charge in [-0.1, -0.05) is 18.2 Å². The maximum Gasteiger partial charge on any atom is 0.125 e. The Morgan fingerprint density at radius 1 is 1.03 bits per heavy atom. The van der Waals surface area contributed by atoms with E-state index in [1.165, 1.54) is 10.6 Å². The monoisotopic (exact) mass is 464 g/mol. The van der Waals surface area contributed by atoms with Gasteiger partial charge in [-0.3, -0.25) is 4.90 Å². The molecule has 0 atom stereocenters. The molecular formula is C27H24N6S. The minimum absolute atomic E-state index is 0.558. The van der Waals surface area contributed by atoms with Crippen molar-refractivity contribution in [3.63, 3.8) is 0 Å². The molecule has 2 aromatic carbocycles. The summed E-state index contributed by atoms with van der Waals surface area (Å²) in [5, 5.41) is 15.4. The Kier molecular flexibility index (Phi) is 5.38. The van der Waals surface area contributed by atoms with E-state index in [0.29, 0.717) is 5.56 Å². The third-order valence-corrected chi connectivity index (χ3v) is 7.46. The van der Waals surface area contributed by atoms with Crippen molar-refractivity contribution in [2.75, 3.05) is 36.4 Å². The number of fused-ring (bicyclic) bond motifs is 2. The van der Waals surface area contributed by atoms with Crippen molar-refractivity contribution >= 4 is 49.5 Å². The summed E-state index contributed by atoms with van der Waals surface area (Å²) in [5.74, 6) is 0. The summed E-state index contributed by atoms with van der Waals surface area (Å²) in [6, 6.07) is 23.4. The first-order valence-corrected chi connectivity index (χ1v) is 12.3. The number of anilines is 3. The first-order chi connectivity index (χ1) is 16.8. The summed E-state index contributed by atoms with van der Waals surface area (Å²) in [6.45, 7) is 5.02. The number of aromatic nitrogens is 2.